The Labute approximate surface area is 261 Å². The summed E-state index contributed by atoms with van der Waals surface area (Å²) in [5, 5.41) is 3.67. The van der Waals surface area contributed by atoms with Crippen LogP contribution in [0.3, 0.4) is 0 Å². The van der Waals surface area contributed by atoms with Gasteiger partial charge in [0.15, 0.2) is 0 Å². The minimum atomic E-state index is -1.13. The third-order valence-electron chi connectivity index (χ3n) is 7.07. The number of nitrogens with zero attached hydrogens (tertiary/aromatic N) is 4. The molecule has 2 amide bonds. The Hall–Kier alpha value is -2.91. The molecule has 3 heterocycles. The molecule has 1 aromatic carbocycles. The molecule has 1 N–H and O–H groups in total. The predicted octanol–water partition coefficient (Wildman–Crippen LogP) is 5.83. The van der Waals surface area contributed by atoms with E-state index in [2.05, 4.69) is 33.5 Å². The molecular formula is C30H40Cl3N5O3. The lowest BCUT2D eigenvalue weighted by Crippen LogP contribution is -2.47. The number of rotatable bonds is 11. The highest BCUT2D eigenvalue weighted by Crippen LogP contribution is 2.40. The van der Waals surface area contributed by atoms with Gasteiger partial charge in [0.25, 0.3) is 0 Å². The van der Waals surface area contributed by atoms with E-state index in [4.69, 9.17) is 4.74 Å². The van der Waals surface area contributed by atoms with Gasteiger partial charge in [-0.3, -0.25) is 19.6 Å². The SMILES string of the molecule is CCN1C(=O)C(C)(C)C(=O)N(C)c2cc(OCCCNC(CCc3cccnc3)c3ccncc3)ccc21.Cl.Cl.Cl. The number of hydrogen-bond donors (Lipinski definition) is 1. The topological polar surface area (TPSA) is 87.7 Å². The normalized spacial score (nSPS) is 14.5. The lowest BCUT2D eigenvalue weighted by Gasteiger charge is -2.27. The Morgan fingerprint density at radius 3 is 2.34 bits per heavy atom. The number of aromatic nitrogens is 2. The second kappa shape index (κ2) is 16.5. The molecular weight excluding hydrogens is 585 g/mol. The molecule has 1 unspecified atom stereocenters. The second-order valence-corrected chi connectivity index (χ2v) is 10.1. The lowest BCUT2D eigenvalue weighted by atomic mass is 9.90. The van der Waals surface area contributed by atoms with Crippen molar-refractivity contribution in [2.75, 3.05) is 36.5 Å². The van der Waals surface area contributed by atoms with Crippen LogP contribution in [0.15, 0.2) is 67.3 Å². The fourth-order valence-corrected chi connectivity index (χ4v) is 4.85. The van der Waals surface area contributed by atoms with Gasteiger partial charge in [-0.2, -0.15) is 0 Å². The summed E-state index contributed by atoms with van der Waals surface area (Å²) in [5.74, 6) is 0.256. The number of hydrogen-bond acceptors (Lipinski definition) is 6. The fraction of sp³-hybridized carbons (Fsp3) is 0.400. The summed E-state index contributed by atoms with van der Waals surface area (Å²) in [5.41, 5.74) is 2.70. The zero-order valence-electron chi connectivity index (χ0n) is 23.9. The van der Waals surface area contributed by atoms with Crippen molar-refractivity contribution in [1.29, 1.82) is 0 Å². The van der Waals surface area contributed by atoms with E-state index in [0.29, 0.717) is 24.6 Å². The molecule has 0 fully saturated rings. The highest BCUT2D eigenvalue weighted by atomic mass is 35.5. The van der Waals surface area contributed by atoms with Crippen molar-refractivity contribution in [2.24, 2.45) is 5.41 Å². The predicted molar refractivity (Wildman–Crippen MR) is 171 cm³/mol. The Balaban J connectivity index is 0.00000280. The number of nitrogens with one attached hydrogen (secondary N) is 1. The van der Waals surface area contributed by atoms with Crippen LogP contribution in [0.2, 0.25) is 0 Å². The monoisotopic (exact) mass is 623 g/mol. The number of aryl methyl sites for hydroxylation is 1. The molecule has 2 aromatic heterocycles. The van der Waals surface area contributed by atoms with E-state index in [1.54, 1.807) is 36.9 Å². The molecule has 0 spiro atoms. The molecule has 224 valence electrons. The molecule has 8 nitrogen and oxygen atoms in total. The first-order valence-electron chi connectivity index (χ1n) is 13.2. The van der Waals surface area contributed by atoms with Crippen LogP contribution in [-0.4, -0.2) is 48.5 Å². The van der Waals surface area contributed by atoms with Crippen LogP contribution in [-0.2, 0) is 16.0 Å². The number of carbonyl (C=O) groups is 2. The van der Waals surface area contributed by atoms with Crippen LogP contribution < -0.4 is 19.9 Å². The molecule has 0 bridgehead atoms. The Kier molecular flexibility index (Phi) is 14.5. The average Bonchev–Trinajstić information content (AvgIpc) is 2.99. The zero-order valence-corrected chi connectivity index (χ0v) is 26.4. The van der Waals surface area contributed by atoms with Crippen LogP contribution in [0.1, 0.15) is 50.8 Å². The van der Waals surface area contributed by atoms with E-state index in [1.165, 1.54) is 11.1 Å². The second-order valence-electron chi connectivity index (χ2n) is 10.1. The molecule has 1 aliphatic rings. The van der Waals surface area contributed by atoms with Gasteiger partial charge in [-0.15, -0.1) is 37.2 Å². The van der Waals surface area contributed by atoms with Gasteiger partial charge in [-0.05, 0) is 88.0 Å². The summed E-state index contributed by atoms with van der Waals surface area (Å²) in [6.45, 7) is 7.08. The third-order valence-corrected chi connectivity index (χ3v) is 7.07. The molecule has 1 aliphatic heterocycles. The van der Waals surface area contributed by atoms with Gasteiger partial charge in [0.05, 0.1) is 18.0 Å². The Morgan fingerprint density at radius 1 is 0.951 bits per heavy atom. The van der Waals surface area contributed by atoms with E-state index in [-0.39, 0.29) is 55.1 Å². The van der Waals surface area contributed by atoms with Gasteiger partial charge in [-0.1, -0.05) is 6.07 Å². The lowest BCUT2D eigenvalue weighted by molar-refractivity contribution is -0.137. The van der Waals surface area contributed by atoms with Crippen LogP contribution >= 0.6 is 37.2 Å². The van der Waals surface area contributed by atoms with E-state index in [1.807, 2.05) is 49.8 Å². The van der Waals surface area contributed by atoms with Crippen LogP contribution in [0.25, 0.3) is 0 Å². The molecule has 0 radical (unpaired) electrons. The summed E-state index contributed by atoms with van der Waals surface area (Å²) in [7, 11) is 1.72. The van der Waals surface area contributed by atoms with Crippen LogP contribution in [0, 0.1) is 5.41 Å². The minimum Gasteiger partial charge on any atom is -0.493 e. The number of halogens is 3. The first-order valence-corrected chi connectivity index (χ1v) is 13.2. The summed E-state index contributed by atoms with van der Waals surface area (Å²) in [6.07, 6.45) is 10.1. The van der Waals surface area contributed by atoms with E-state index in [9.17, 15) is 9.59 Å². The average molecular weight is 625 g/mol. The summed E-state index contributed by atoms with van der Waals surface area (Å²) >= 11 is 0. The van der Waals surface area contributed by atoms with Gasteiger partial charge in [0.1, 0.15) is 11.2 Å². The quantitative estimate of drug-likeness (QED) is 0.213. The van der Waals surface area contributed by atoms with Crippen LogP contribution in [0.5, 0.6) is 5.75 Å². The summed E-state index contributed by atoms with van der Waals surface area (Å²) < 4.78 is 6.06. The largest absolute Gasteiger partial charge is 0.493 e. The molecule has 11 heteroatoms. The molecule has 0 aliphatic carbocycles. The van der Waals surface area contributed by atoms with Gasteiger partial charge in [-0.25, -0.2) is 0 Å². The molecule has 1 atom stereocenters. The number of benzene rings is 1. The maximum Gasteiger partial charge on any atom is 0.242 e. The van der Waals surface area contributed by atoms with Crippen LogP contribution in [0.4, 0.5) is 11.4 Å². The smallest absolute Gasteiger partial charge is 0.242 e. The molecule has 4 rings (SSSR count). The first kappa shape index (κ1) is 36.1. The van der Waals surface area contributed by atoms with Crippen molar-refractivity contribution >= 4 is 60.4 Å². The van der Waals surface area contributed by atoms with E-state index >= 15 is 0 Å². The highest BCUT2D eigenvalue weighted by Gasteiger charge is 2.45. The third kappa shape index (κ3) is 8.55. The van der Waals surface area contributed by atoms with Crippen molar-refractivity contribution < 1.29 is 14.3 Å². The number of carbonyl (C=O) groups excluding carboxylic acids is 2. The first-order chi connectivity index (χ1) is 18.3. The highest BCUT2D eigenvalue weighted by molar-refractivity contribution is 6.20. The zero-order chi connectivity index (χ0) is 27.1. The number of pyridine rings is 2. The Bertz CT molecular complexity index is 1250. The standard InChI is InChI=1S/C30H37N5O3.3ClH/c1-5-35-26-12-10-24(20-27(26)34(4)28(36)30(2,3)29(35)37)38-19-7-16-33-25(23-13-17-31-18-14-23)11-9-22-8-6-15-32-21-22;;;/h6,8,10,12-15,17-18,20-21,25,33H,5,7,9,11,16,19H2,1-4H3;3*1H. The maximum atomic E-state index is 13.1. The Morgan fingerprint density at radius 2 is 1.68 bits per heavy atom. The molecule has 3 aromatic rings. The molecule has 0 saturated heterocycles. The minimum absolute atomic E-state index is 0. The molecule has 41 heavy (non-hydrogen) atoms. The number of ether oxygens (including phenoxy) is 1. The van der Waals surface area contributed by atoms with E-state index < -0.39 is 5.41 Å². The summed E-state index contributed by atoms with van der Waals surface area (Å²) in [6, 6.07) is 14.0. The molecule has 0 saturated carbocycles. The van der Waals surface area contributed by atoms with Crippen molar-refractivity contribution in [2.45, 2.75) is 46.1 Å². The van der Waals surface area contributed by atoms with Crippen molar-refractivity contribution in [3.8, 4) is 5.75 Å². The van der Waals surface area contributed by atoms with Crippen molar-refractivity contribution in [3.63, 3.8) is 0 Å². The fourth-order valence-electron chi connectivity index (χ4n) is 4.85. The van der Waals surface area contributed by atoms with Gasteiger partial charge < -0.3 is 19.9 Å². The number of anilines is 2. The number of fused-ring (bicyclic) bond motifs is 1. The van der Waals surface area contributed by atoms with Gasteiger partial charge in [0.2, 0.25) is 11.8 Å². The summed E-state index contributed by atoms with van der Waals surface area (Å²) in [4.78, 5) is 37.7. The van der Waals surface area contributed by atoms with Crippen molar-refractivity contribution in [3.05, 3.63) is 78.4 Å². The van der Waals surface area contributed by atoms with Gasteiger partial charge in [0, 0.05) is 50.5 Å². The number of amides is 2. The maximum absolute atomic E-state index is 13.1. The van der Waals surface area contributed by atoms with E-state index in [0.717, 1.165) is 31.5 Å². The van der Waals surface area contributed by atoms with Gasteiger partial charge >= 0.3 is 0 Å². The van der Waals surface area contributed by atoms with Crippen molar-refractivity contribution in [1.82, 2.24) is 15.3 Å².